The fourth-order valence-electron chi connectivity index (χ4n) is 1.85. The lowest BCUT2D eigenvalue weighted by Gasteiger charge is -2.27. The Kier molecular flexibility index (Phi) is 3.99. The minimum absolute atomic E-state index is 0.224. The Balaban J connectivity index is 2.45. The van der Waals surface area contributed by atoms with Crippen LogP contribution in [0.2, 0.25) is 0 Å². The molecule has 1 aromatic rings. The molecule has 1 aliphatic rings. The van der Waals surface area contributed by atoms with Gasteiger partial charge in [0.15, 0.2) is 0 Å². The van der Waals surface area contributed by atoms with Crippen LogP contribution in [-0.4, -0.2) is 37.6 Å². The molecule has 1 fully saturated rings. The van der Waals surface area contributed by atoms with Gasteiger partial charge in [-0.1, -0.05) is 0 Å². The van der Waals surface area contributed by atoms with E-state index in [0.29, 0.717) is 16.1 Å². The van der Waals surface area contributed by atoms with Gasteiger partial charge in [-0.3, -0.25) is 4.79 Å². The number of nitrogens with one attached hydrogen (secondary N) is 1. The second kappa shape index (κ2) is 5.50. The van der Waals surface area contributed by atoms with E-state index < -0.39 is 0 Å². The molecule has 2 heterocycles. The number of nitrogen functional groups attached to an aromatic ring is 1. The molecule has 5 nitrogen and oxygen atoms in total. The molecule has 0 radical (unpaired) electrons. The minimum Gasteiger partial charge on any atom is -0.396 e. The molecule has 0 aromatic carbocycles. The summed E-state index contributed by atoms with van der Waals surface area (Å²) in [7, 11) is 1.57. The Morgan fingerprint density at radius 3 is 2.72 bits per heavy atom. The third-order valence-electron chi connectivity index (χ3n) is 2.78. The van der Waals surface area contributed by atoms with Crippen molar-refractivity contribution in [3.63, 3.8) is 0 Å². The highest BCUT2D eigenvalue weighted by Crippen LogP contribution is 2.38. The number of amides is 1. The van der Waals surface area contributed by atoms with Gasteiger partial charge in [0.05, 0.1) is 11.3 Å². The Morgan fingerprint density at radius 1 is 1.50 bits per heavy atom. The van der Waals surface area contributed by atoms with Crippen LogP contribution in [0.3, 0.4) is 0 Å². The summed E-state index contributed by atoms with van der Waals surface area (Å²) in [6.07, 6.45) is 0. The molecule has 18 heavy (non-hydrogen) atoms. The summed E-state index contributed by atoms with van der Waals surface area (Å²) in [6.45, 7) is 1.78. The quantitative estimate of drug-likeness (QED) is 0.849. The fourth-order valence-corrected chi connectivity index (χ4v) is 3.82. The van der Waals surface area contributed by atoms with Gasteiger partial charge in [-0.05, 0) is 0 Å². The third kappa shape index (κ3) is 2.26. The van der Waals surface area contributed by atoms with Crippen LogP contribution in [0, 0.1) is 11.3 Å². The molecular formula is C11H14N4OS2. The van der Waals surface area contributed by atoms with Gasteiger partial charge >= 0.3 is 0 Å². The van der Waals surface area contributed by atoms with Crippen molar-refractivity contribution >= 4 is 39.7 Å². The van der Waals surface area contributed by atoms with E-state index in [0.717, 1.165) is 29.6 Å². The van der Waals surface area contributed by atoms with Gasteiger partial charge in [-0.25, -0.2) is 0 Å². The first-order valence-corrected chi connectivity index (χ1v) is 7.53. The van der Waals surface area contributed by atoms with Gasteiger partial charge < -0.3 is 16.0 Å². The zero-order chi connectivity index (χ0) is 13.1. The maximum atomic E-state index is 11.9. The number of carbonyl (C=O) groups excluding carboxylic acids is 1. The summed E-state index contributed by atoms with van der Waals surface area (Å²) in [5.74, 6) is 1.85. The molecule has 1 aliphatic heterocycles. The molecule has 0 unspecified atom stereocenters. The van der Waals surface area contributed by atoms with Crippen molar-refractivity contribution in [3.05, 3.63) is 10.4 Å². The van der Waals surface area contributed by atoms with Crippen LogP contribution in [0.25, 0.3) is 0 Å². The molecule has 0 bridgehead atoms. The third-order valence-corrected chi connectivity index (χ3v) is 4.89. The number of rotatable bonds is 2. The molecule has 1 saturated heterocycles. The Labute approximate surface area is 114 Å². The number of nitrogens with zero attached hydrogens (tertiary/aromatic N) is 2. The summed E-state index contributed by atoms with van der Waals surface area (Å²) in [5, 5.41) is 12.4. The summed E-state index contributed by atoms with van der Waals surface area (Å²) < 4.78 is 0. The minimum atomic E-state index is -0.224. The second-order valence-corrected chi connectivity index (χ2v) is 6.04. The summed E-state index contributed by atoms with van der Waals surface area (Å²) in [5.41, 5.74) is 6.64. The number of anilines is 2. The molecule has 1 amide bonds. The van der Waals surface area contributed by atoms with Crippen LogP contribution in [0.4, 0.5) is 10.7 Å². The van der Waals surface area contributed by atoms with E-state index in [1.54, 1.807) is 7.05 Å². The fraction of sp³-hybridized carbons (Fsp3) is 0.455. The van der Waals surface area contributed by atoms with Crippen LogP contribution in [0.15, 0.2) is 0 Å². The molecule has 0 aliphatic carbocycles. The van der Waals surface area contributed by atoms with Crippen molar-refractivity contribution in [1.82, 2.24) is 5.32 Å². The van der Waals surface area contributed by atoms with Gasteiger partial charge in [0.25, 0.3) is 5.91 Å². The Bertz CT molecular complexity index is 500. The lowest BCUT2D eigenvalue weighted by molar-refractivity contribution is 0.0965. The van der Waals surface area contributed by atoms with E-state index in [9.17, 15) is 4.79 Å². The SMILES string of the molecule is CNC(=O)c1c(N2CCSCC2)sc(C#N)c1N. The zero-order valence-electron chi connectivity index (χ0n) is 10.0. The molecule has 0 atom stereocenters. The zero-order valence-corrected chi connectivity index (χ0v) is 11.7. The molecule has 0 saturated carbocycles. The van der Waals surface area contributed by atoms with Crippen molar-refractivity contribution in [2.75, 3.05) is 42.3 Å². The van der Waals surface area contributed by atoms with Crippen LogP contribution in [-0.2, 0) is 0 Å². The van der Waals surface area contributed by atoms with E-state index in [2.05, 4.69) is 16.3 Å². The average molecular weight is 282 g/mol. The first kappa shape index (κ1) is 13.1. The van der Waals surface area contributed by atoms with Gasteiger partial charge in [-0.2, -0.15) is 17.0 Å². The van der Waals surface area contributed by atoms with E-state index >= 15 is 0 Å². The lowest BCUT2D eigenvalue weighted by atomic mass is 10.2. The van der Waals surface area contributed by atoms with Gasteiger partial charge in [0.2, 0.25) is 0 Å². The van der Waals surface area contributed by atoms with Crippen LogP contribution < -0.4 is 16.0 Å². The van der Waals surface area contributed by atoms with Crippen molar-refractivity contribution in [3.8, 4) is 6.07 Å². The van der Waals surface area contributed by atoms with Gasteiger partial charge in [0, 0.05) is 31.6 Å². The number of thiophene rings is 1. The number of nitrogens with two attached hydrogens (primary N) is 1. The Morgan fingerprint density at radius 2 is 2.17 bits per heavy atom. The average Bonchev–Trinajstić information content (AvgIpc) is 2.76. The van der Waals surface area contributed by atoms with E-state index in [-0.39, 0.29) is 5.91 Å². The van der Waals surface area contributed by atoms with Crippen LogP contribution >= 0.6 is 23.1 Å². The highest BCUT2D eigenvalue weighted by atomic mass is 32.2. The molecule has 0 spiro atoms. The number of hydrogen-bond acceptors (Lipinski definition) is 6. The van der Waals surface area contributed by atoms with Crippen LogP contribution in [0.1, 0.15) is 15.2 Å². The highest BCUT2D eigenvalue weighted by Gasteiger charge is 2.25. The largest absolute Gasteiger partial charge is 0.396 e. The first-order chi connectivity index (χ1) is 8.69. The molecule has 96 valence electrons. The van der Waals surface area contributed by atoms with Crippen molar-refractivity contribution in [1.29, 1.82) is 5.26 Å². The number of nitriles is 1. The Hall–Kier alpha value is -1.39. The van der Waals surface area contributed by atoms with Crippen LogP contribution in [0.5, 0.6) is 0 Å². The molecular weight excluding hydrogens is 268 g/mol. The molecule has 2 rings (SSSR count). The number of carbonyl (C=O) groups is 1. The lowest BCUT2D eigenvalue weighted by Crippen LogP contribution is -2.33. The van der Waals surface area contributed by atoms with Crippen molar-refractivity contribution in [2.45, 2.75) is 0 Å². The topological polar surface area (TPSA) is 82.2 Å². The smallest absolute Gasteiger partial charge is 0.256 e. The number of thioether (sulfide) groups is 1. The summed E-state index contributed by atoms with van der Waals surface area (Å²) in [6, 6.07) is 2.06. The summed E-state index contributed by atoms with van der Waals surface area (Å²) >= 11 is 3.20. The normalized spacial score (nSPS) is 15.2. The molecule has 7 heteroatoms. The van der Waals surface area contributed by atoms with Gasteiger partial charge in [-0.15, -0.1) is 11.3 Å². The summed E-state index contributed by atoms with van der Waals surface area (Å²) in [4.78, 5) is 14.5. The second-order valence-electron chi connectivity index (χ2n) is 3.82. The molecule has 1 aromatic heterocycles. The monoisotopic (exact) mass is 282 g/mol. The van der Waals surface area contributed by atoms with E-state index in [1.807, 2.05) is 11.8 Å². The molecule has 3 N–H and O–H groups in total. The number of hydrogen-bond donors (Lipinski definition) is 2. The standard InChI is InChI=1S/C11H14N4OS2/c1-14-10(16)8-9(13)7(6-12)18-11(8)15-2-4-17-5-3-15/h2-5,13H2,1H3,(H,14,16). The maximum Gasteiger partial charge on any atom is 0.256 e. The van der Waals surface area contributed by atoms with Gasteiger partial charge in [0.1, 0.15) is 15.9 Å². The maximum absolute atomic E-state index is 11.9. The van der Waals surface area contributed by atoms with Crippen molar-refractivity contribution in [2.24, 2.45) is 0 Å². The highest BCUT2D eigenvalue weighted by molar-refractivity contribution is 7.99. The van der Waals surface area contributed by atoms with Crippen molar-refractivity contribution < 1.29 is 4.79 Å². The van der Waals surface area contributed by atoms with E-state index in [4.69, 9.17) is 11.0 Å². The predicted octanol–water partition coefficient (Wildman–Crippen LogP) is 1.11. The first-order valence-electron chi connectivity index (χ1n) is 5.56. The van der Waals surface area contributed by atoms with E-state index in [1.165, 1.54) is 11.3 Å². The predicted molar refractivity (Wildman–Crippen MR) is 76.4 cm³/mol.